The molecule has 1 unspecified atom stereocenters. The lowest BCUT2D eigenvalue weighted by atomic mass is 10.3. The van der Waals surface area contributed by atoms with Crippen molar-refractivity contribution in [2.75, 3.05) is 5.32 Å². The zero-order chi connectivity index (χ0) is 17.3. The quantitative estimate of drug-likeness (QED) is 0.648. The second-order valence-corrected chi connectivity index (χ2v) is 7.39. The molecule has 124 valence electrons. The number of anilines is 1. The maximum Gasteiger partial charge on any atom is 0.237 e. The van der Waals surface area contributed by atoms with Crippen molar-refractivity contribution in [2.45, 2.75) is 17.3 Å². The molecule has 0 saturated carbocycles. The fraction of sp³-hybridized carbons (Fsp3) is 0.176. The molecule has 0 spiro atoms. The van der Waals surface area contributed by atoms with Crippen molar-refractivity contribution in [1.82, 2.24) is 9.55 Å². The first-order valence-corrected chi connectivity index (χ1v) is 8.94. The number of amides is 1. The van der Waals surface area contributed by atoms with Gasteiger partial charge in [-0.25, -0.2) is 4.98 Å². The van der Waals surface area contributed by atoms with Crippen molar-refractivity contribution in [3.05, 3.63) is 52.5 Å². The summed E-state index contributed by atoms with van der Waals surface area (Å²) in [5.41, 5.74) is 2.45. The summed E-state index contributed by atoms with van der Waals surface area (Å²) in [4.78, 5) is 17.0. The van der Waals surface area contributed by atoms with E-state index in [9.17, 15) is 4.79 Å². The minimum Gasteiger partial charge on any atom is -0.324 e. The summed E-state index contributed by atoms with van der Waals surface area (Å²) < 4.78 is 1.98. The lowest BCUT2D eigenvalue weighted by Crippen LogP contribution is -2.23. The predicted octanol–water partition coefficient (Wildman–Crippen LogP) is 5.00. The van der Waals surface area contributed by atoms with Gasteiger partial charge in [-0.3, -0.25) is 4.79 Å². The van der Waals surface area contributed by atoms with Crippen LogP contribution in [0.25, 0.3) is 11.0 Å². The number of thioether (sulfide) groups is 1. The van der Waals surface area contributed by atoms with Crippen molar-refractivity contribution in [2.24, 2.45) is 7.05 Å². The molecule has 4 nitrogen and oxygen atoms in total. The van der Waals surface area contributed by atoms with E-state index in [4.69, 9.17) is 23.2 Å². The summed E-state index contributed by atoms with van der Waals surface area (Å²) in [6.45, 7) is 1.83. The van der Waals surface area contributed by atoms with E-state index < -0.39 is 0 Å². The molecule has 0 saturated heterocycles. The van der Waals surface area contributed by atoms with Gasteiger partial charge in [-0.05, 0) is 31.2 Å². The van der Waals surface area contributed by atoms with Gasteiger partial charge in [-0.1, -0.05) is 53.2 Å². The van der Waals surface area contributed by atoms with Gasteiger partial charge in [0.15, 0.2) is 5.16 Å². The highest BCUT2D eigenvalue weighted by molar-refractivity contribution is 8.00. The Balaban J connectivity index is 1.76. The van der Waals surface area contributed by atoms with Gasteiger partial charge in [0.05, 0.1) is 32.0 Å². The highest BCUT2D eigenvalue weighted by atomic mass is 35.5. The minimum atomic E-state index is -0.337. The van der Waals surface area contributed by atoms with Crippen LogP contribution in [0.15, 0.2) is 47.6 Å². The topological polar surface area (TPSA) is 46.9 Å². The Kier molecular flexibility index (Phi) is 5.04. The maximum atomic E-state index is 12.4. The predicted molar refractivity (Wildman–Crippen MR) is 101 cm³/mol. The zero-order valence-electron chi connectivity index (χ0n) is 13.1. The van der Waals surface area contributed by atoms with Gasteiger partial charge in [0, 0.05) is 7.05 Å². The molecule has 0 radical (unpaired) electrons. The lowest BCUT2D eigenvalue weighted by molar-refractivity contribution is -0.115. The third kappa shape index (κ3) is 3.38. The number of nitrogens with one attached hydrogen (secondary N) is 1. The molecular formula is C17H15Cl2N3OS. The summed E-state index contributed by atoms with van der Waals surface area (Å²) in [5, 5.41) is 4.01. The molecule has 3 aromatic rings. The van der Waals surface area contributed by atoms with Gasteiger partial charge in [0.25, 0.3) is 0 Å². The fourth-order valence-electron chi connectivity index (χ4n) is 2.28. The smallest absolute Gasteiger partial charge is 0.237 e. The SMILES string of the molecule is CC(Sc1nc2ccccc2n1C)C(=O)Nc1cccc(Cl)c1Cl. The Morgan fingerprint density at radius 1 is 1.21 bits per heavy atom. The number of hydrogen-bond donors (Lipinski definition) is 1. The molecule has 0 aliphatic rings. The van der Waals surface area contributed by atoms with Crippen molar-refractivity contribution >= 4 is 57.6 Å². The molecule has 1 atom stereocenters. The molecular weight excluding hydrogens is 365 g/mol. The number of imidazole rings is 1. The molecule has 7 heteroatoms. The largest absolute Gasteiger partial charge is 0.324 e. The van der Waals surface area contributed by atoms with Gasteiger partial charge in [-0.15, -0.1) is 0 Å². The number of hydrogen-bond acceptors (Lipinski definition) is 3. The van der Waals surface area contributed by atoms with E-state index in [1.165, 1.54) is 11.8 Å². The van der Waals surface area contributed by atoms with Crippen LogP contribution in [0, 0.1) is 0 Å². The number of carbonyl (C=O) groups is 1. The highest BCUT2D eigenvalue weighted by Gasteiger charge is 2.19. The van der Waals surface area contributed by atoms with E-state index in [-0.39, 0.29) is 11.2 Å². The molecule has 0 fully saturated rings. The molecule has 1 N–H and O–H groups in total. The van der Waals surface area contributed by atoms with Gasteiger partial charge >= 0.3 is 0 Å². The molecule has 0 aliphatic heterocycles. The van der Waals surface area contributed by atoms with E-state index in [1.54, 1.807) is 18.2 Å². The van der Waals surface area contributed by atoms with Crippen molar-refractivity contribution < 1.29 is 4.79 Å². The van der Waals surface area contributed by atoms with Crippen LogP contribution in [0.2, 0.25) is 10.0 Å². The van der Waals surface area contributed by atoms with Crippen LogP contribution < -0.4 is 5.32 Å². The summed E-state index contributed by atoms with van der Waals surface area (Å²) in [6, 6.07) is 13.0. The van der Waals surface area contributed by atoms with E-state index in [0.717, 1.165) is 16.2 Å². The van der Waals surface area contributed by atoms with Crippen molar-refractivity contribution in [3.8, 4) is 0 Å². The number of aryl methyl sites for hydroxylation is 1. The number of fused-ring (bicyclic) bond motifs is 1. The summed E-state index contributed by atoms with van der Waals surface area (Å²) >= 11 is 13.5. The van der Waals surface area contributed by atoms with Crippen LogP contribution in [-0.4, -0.2) is 20.7 Å². The molecule has 0 aliphatic carbocycles. The van der Waals surface area contributed by atoms with Crippen LogP contribution in [0.3, 0.4) is 0 Å². The Labute approximate surface area is 154 Å². The maximum absolute atomic E-state index is 12.4. The van der Waals surface area contributed by atoms with Crippen LogP contribution >= 0.6 is 35.0 Å². The molecule has 1 amide bonds. The molecule has 0 bridgehead atoms. The fourth-order valence-corrected chi connectivity index (χ4v) is 3.51. The number of halogens is 2. The number of benzene rings is 2. The minimum absolute atomic E-state index is 0.156. The van der Waals surface area contributed by atoms with E-state index >= 15 is 0 Å². The average molecular weight is 380 g/mol. The number of carbonyl (C=O) groups excluding carboxylic acids is 1. The number of rotatable bonds is 4. The highest BCUT2D eigenvalue weighted by Crippen LogP contribution is 2.31. The summed E-state index contributed by atoms with van der Waals surface area (Å²) in [7, 11) is 1.94. The van der Waals surface area contributed by atoms with Gasteiger partial charge < -0.3 is 9.88 Å². The Hall–Kier alpha value is -1.69. The second-order valence-electron chi connectivity index (χ2n) is 5.29. The van der Waals surface area contributed by atoms with Crippen LogP contribution in [0.5, 0.6) is 0 Å². The first-order valence-electron chi connectivity index (χ1n) is 7.30. The van der Waals surface area contributed by atoms with Crippen LogP contribution in [-0.2, 0) is 11.8 Å². The third-order valence-corrected chi connectivity index (χ3v) is 5.57. The monoisotopic (exact) mass is 379 g/mol. The summed E-state index contributed by atoms with van der Waals surface area (Å²) in [6.07, 6.45) is 0. The first-order chi connectivity index (χ1) is 11.5. The van der Waals surface area contributed by atoms with E-state index in [0.29, 0.717) is 15.7 Å². The molecule has 1 heterocycles. The Morgan fingerprint density at radius 3 is 2.71 bits per heavy atom. The normalized spacial score (nSPS) is 12.3. The van der Waals surface area contributed by atoms with E-state index in [2.05, 4.69) is 10.3 Å². The number of nitrogens with zero attached hydrogens (tertiary/aromatic N) is 2. The number of aromatic nitrogens is 2. The van der Waals surface area contributed by atoms with E-state index in [1.807, 2.05) is 42.8 Å². The molecule has 24 heavy (non-hydrogen) atoms. The average Bonchev–Trinajstić information content (AvgIpc) is 2.88. The second kappa shape index (κ2) is 7.05. The standard InChI is InChI=1S/C17H15Cl2N3OS/c1-10(16(23)20-13-8-5-6-11(18)15(13)19)24-17-21-12-7-3-4-9-14(12)22(17)2/h3-10H,1-2H3,(H,20,23). The van der Waals surface area contributed by atoms with Gasteiger partial charge in [0.2, 0.25) is 5.91 Å². The summed E-state index contributed by atoms with van der Waals surface area (Å²) in [5.74, 6) is -0.156. The first kappa shape index (κ1) is 17.1. The van der Waals surface area contributed by atoms with Gasteiger partial charge in [0.1, 0.15) is 0 Å². The molecule has 1 aromatic heterocycles. The van der Waals surface area contributed by atoms with Crippen molar-refractivity contribution in [3.63, 3.8) is 0 Å². The van der Waals surface area contributed by atoms with Crippen LogP contribution in [0.4, 0.5) is 5.69 Å². The Morgan fingerprint density at radius 2 is 1.96 bits per heavy atom. The number of para-hydroxylation sites is 2. The molecule has 2 aromatic carbocycles. The Bertz CT molecular complexity index is 910. The molecule has 3 rings (SSSR count). The van der Waals surface area contributed by atoms with Gasteiger partial charge in [-0.2, -0.15) is 0 Å². The zero-order valence-corrected chi connectivity index (χ0v) is 15.4. The lowest BCUT2D eigenvalue weighted by Gasteiger charge is -2.13. The third-order valence-electron chi connectivity index (χ3n) is 3.61. The van der Waals surface area contributed by atoms with Crippen molar-refractivity contribution in [1.29, 1.82) is 0 Å². The van der Waals surface area contributed by atoms with Crippen LogP contribution in [0.1, 0.15) is 6.92 Å².